The Morgan fingerprint density at radius 1 is 0.435 bits per heavy atom. The van der Waals surface area contributed by atoms with E-state index in [2.05, 4.69) is 27.7 Å². The lowest BCUT2D eigenvalue weighted by Crippen LogP contribution is -3.06. The summed E-state index contributed by atoms with van der Waals surface area (Å²) >= 11 is -1.42. The van der Waals surface area contributed by atoms with Crippen molar-refractivity contribution in [2.45, 2.75) is 217 Å². The molecule has 0 aromatic heterocycles. The predicted octanol–water partition coefficient (Wildman–Crippen LogP) is 14.4. The molecule has 0 amide bonds. The number of unbranched alkanes of at least 4 members (excludes halogenated alkanes) is 20. The van der Waals surface area contributed by atoms with Gasteiger partial charge in [-0.2, -0.15) is 21.1 Å². The predicted molar refractivity (Wildman–Crippen MR) is 207 cm³/mol. The summed E-state index contributed by atoms with van der Waals surface area (Å²) in [5.74, 6) is -0.980. The molecule has 0 bridgehead atoms. The first-order valence-electron chi connectivity index (χ1n) is 20.9. The van der Waals surface area contributed by atoms with Crippen molar-refractivity contribution in [2.24, 2.45) is 0 Å². The second kappa shape index (κ2) is 33.1. The molecule has 4 heteroatoms. The standard InChI is InChI=1S/C10H13F2N.4C8H17.Al/c1-3-13(4-2)10-6-5-8(11)7-9(10)12;4*1-3-5-7-8-6-4-2;/h5-7H,3-4H2,1-2H3;4*1,3-8H2,2H3;/q;;;;;-1/p+1. The van der Waals surface area contributed by atoms with Gasteiger partial charge in [0.1, 0.15) is 18.9 Å². The highest BCUT2D eigenvalue weighted by molar-refractivity contribution is 6.79. The molecule has 1 nitrogen and oxygen atoms in total. The van der Waals surface area contributed by atoms with Crippen LogP contribution in [-0.4, -0.2) is 26.2 Å². The molecule has 0 radical (unpaired) electrons. The van der Waals surface area contributed by atoms with Crippen LogP contribution in [0.1, 0.15) is 196 Å². The van der Waals surface area contributed by atoms with Crippen LogP contribution >= 0.6 is 0 Å². The zero-order chi connectivity index (χ0) is 34.1. The van der Waals surface area contributed by atoms with E-state index in [1.807, 2.05) is 13.8 Å². The lowest BCUT2D eigenvalue weighted by Gasteiger charge is -2.37. The van der Waals surface area contributed by atoms with E-state index in [4.69, 9.17) is 0 Å². The molecule has 1 rings (SSSR count). The third-order valence-electron chi connectivity index (χ3n) is 10.8. The van der Waals surface area contributed by atoms with E-state index in [0.29, 0.717) is 5.69 Å². The number of quaternary nitrogens is 1. The highest BCUT2D eigenvalue weighted by Crippen LogP contribution is 2.35. The van der Waals surface area contributed by atoms with Gasteiger partial charge in [0.2, 0.25) is 0 Å². The SMILES string of the molecule is CCCCCCC[CH2][Al-]([CH2]CCCCCCC)([CH2]CCCCCCC)[CH2]CCCCCCC.CC[NH+](CC)c1ccc(F)cc1F. The summed E-state index contributed by atoms with van der Waals surface area (Å²) in [7, 11) is 0. The fourth-order valence-electron chi connectivity index (χ4n) is 7.70. The van der Waals surface area contributed by atoms with Gasteiger partial charge in [-0.05, 0) is 19.9 Å². The summed E-state index contributed by atoms with van der Waals surface area (Å²) in [6, 6.07) is 3.73. The Balaban J connectivity index is 0.00000128. The molecule has 0 heterocycles. The molecule has 0 fully saturated rings. The monoisotopic (exact) mass is 666 g/mol. The van der Waals surface area contributed by atoms with E-state index in [1.54, 1.807) is 46.8 Å². The van der Waals surface area contributed by atoms with Crippen molar-refractivity contribution in [3.05, 3.63) is 29.8 Å². The lowest BCUT2D eigenvalue weighted by atomic mass is 10.1. The van der Waals surface area contributed by atoms with E-state index < -0.39 is 24.7 Å². The second-order valence-electron chi connectivity index (χ2n) is 14.9. The highest BCUT2D eigenvalue weighted by atomic mass is 27.2. The fraction of sp³-hybridized carbons (Fsp3) is 0.857. The van der Waals surface area contributed by atoms with Crippen molar-refractivity contribution >= 4 is 18.8 Å². The van der Waals surface area contributed by atoms with E-state index >= 15 is 0 Å². The summed E-state index contributed by atoms with van der Waals surface area (Å²) in [5, 5.41) is 6.83. The summed E-state index contributed by atoms with van der Waals surface area (Å²) < 4.78 is 25.8. The maximum atomic E-state index is 13.2. The van der Waals surface area contributed by atoms with Crippen molar-refractivity contribution in [1.82, 2.24) is 0 Å². The van der Waals surface area contributed by atoms with Crippen LogP contribution in [0.15, 0.2) is 18.2 Å². The number of nitrogens with one attached hydrogen (secondary N) is 1. The Morgan fingerprint density at radius 2 is 0.739 bits per heavy atom. The smallest absolute Gasteiger partial charge is 0.186 e. The van der Waals surface area contributed by atoms with Gasteiger partial charge >= 0.3 is 0 Å². The Morgan fingerprint density at radius 3 is 1.02 bits per heavy atom. The fourth-order valence-corrected chi connectivity index (χ4v) is 14.1. The lowest BCUT2D eigenvalue weighted by molar-refractivity contribution is -0.829. The van der Waals surface area contributed by atoms with Gasteiger partial charge in [0.25, 0.3) is 0 Å². The normalized spacial score (nSPS) is 11.7. The van der Waals surface area contributed by atoms with E-state index in [9.17, 15) is 8.78 Å². The number of benzene rings is 1. The van der Waals surface area contributed by atoms with Crippen LogP contribution < -0.4 is 4.90 Å². The molecule has 0 spiro atoms. The zero-order valence-electron chi connectivity index (χ0n) is 32.3. The van der Waals surface area contributed by atoms with Crippen molar-refractivity contribution in [3.8, 4) is 0 Å². The van der Waals surface area contributed by atoms with Crippen LogP contribution in [0.3, 0.4) is 0 Å². The molecule has 1 aromatic carbocycles. The Labute approximate surface area is 291 Å². The van der Waals surface area contributed by atoms with Gasteiger partial charge in [0, 0.05) is 12.1 Å². The first-order valence-corrected chi connectivity index (χ1v) is 24.2. The Kier molecular flexibility index (Phi) is 32.8. The summed E-state index contributed by atoms with van der Waals surface area (Å²) in [4.78, 5) is 1.03. The van der Waals surface area contributed by atoms with E-state index in [1.165, 1.54) is 141 Å². The minimum absolute atomic E-state index is 0.460. The maximum Gasteiger partial charge on any atom is 0.186 e. The summed E-state index contributed by atoms with van der Waals surface area (Å²) in [6.07, 6.45) is 35.8. The van der Waals surface area contributed by atoms with Crippen molar-refractivity contribution < 1.29 is 13.7 Å². The largest absolute Gasteiger partial charge is 0.300 e. The molecule has 0 aliphatic rings. The van der Waals surface area contributed by atoms with Gasteiger partial charge in [-0.25, -0.2) is 8.78 Å². The number of hydrogen-bond acceptors (Lipinski definition) is 0. The molecular weight excluding hydrogens is 583 g/mol. The van der Waals surface area contributed by atoms with Crippen LogP contribution in [0.5, 0.6) is 0 Å². The average Bonchev–Trinajstić information content (AvgIpc) is 3.05. The highest BCUT2D eigenvalue weighted by Gasteiger charge is 2.27. The topological polar surface area (TPSA) is 4.44 Å². The van der Waals surface area contributed by atoms with Crippen LogP contribution in [-0.2, 0) is 0 Å². The Bertz CT molecular complexity index is 697. The molecule has 0 atom stereocenters. The van der Waals surface area contributed by atoms with E-state index in [0.717, 1.165) is 24.1 Å². The molecule has 1 N–H and O–H groups in total. The van der Waals surface area contributed by atoms with Crippen molar-refractivity contribution in [1.29, 1.82) is 0 Å². The number of hydrogen-bond donors (Lipinski definition) is 1. The maximum absolute atomic E-state index is 13.2. The molecular formula is C42H82AlF2N. The molecule has 1 aromatic rings. The third kappa shape index (κ3) is 24.7. The first-order chi connectivity index (χ1) is 22.4. The van der Waals surface area contributed by atoms with Crippen LogP contribution in [0.2, 0.25) is 21.1 Å². The van der Waals surface area contributed by atoms with Gasteiger partial charge in [0.05, 0.1) is 13.1 Å². The van der Waals surface area contributed by atoms with E-state index in [-0.39, 0.29) is 0 Å². The average molecular weight is 666 g/mol. The van der Waals surface area contributed by atoms with Gasteiger partial charge < -0.3 is 4.90 Å². The summed E-state index contributed by atoms with van der Waals surface area (Å²) in [5.41, 5.74) is 0.548. The van der Waals surface area contributed by atoms with Crippen LogP contribution in [0, 0.1) is 11.6 Å². The second-order valence-corrected chi connectivity index (χ2v) is 20.7. The van der Waals surface area contributed by atoms with Gasteiger partial charge in [-0.15, -0.1) is 0 Å². The molecule has 272 valence electrons. The van der Waals surface area contributed by atoms with Gasteiger partial charge in [-0.1, -0.05) is 182 Å². The van der Waals surface area contributed by atoms with Crippen LogP contribution in [0.25, 0.3) is 0 Å². The van der Waals surface area contributed by atoms with Gasteiger partial charge in [-0.3, -0.25) is 0 Å². The van der Waals surface area contributed by atoms with Crippen molar-refractivity contribution in [3.63, 3.8) is 0 Å². The first kappa shape index (κ1) is 45.6. The molecule has 0 aliphatic carbocycles. The minimum Gasteiger partial charge on any atom is -0.300 e. The quantitative estimate of drug-likeness (QED) is 0.0595. The molecule has 46 heavy (non-hydrogen) atoms. The van der Waals surface area contributed by atoms with Crippen LogP contribution in [0.4, 0.5) is 14.5 Å². The molecule has 0 aliphatic heterocycles. The summed E-state index contributed by atoms with van der Waals surface area (Å²) in [6.45, 7) is 14.9. The zero-order valence-corrected chi connectivity index (χ0v) is 33.4. The van der Waals surface area contributed by atoms with Gasteiger partial charge in [0.15, 0.2) is 11.5 Å². The third-order valence-corrected chi connectivity index (χ3v) is 17.4. The molecule has 0 unspecified atom stereocenters. The molecule has 0 saturated carbocycles. The molecule has 0 saturated heterocycles. The minimum atomic E-state index is -1.42. The number of halogens is 2. The number of rotatable bonds is 31. The Hall–Kier alpha value is -0.428. The van der Waals surface area contributed by atoms with Crippen molar-refractivity contribution in [2.75, 3.05) is 13.1 Å².